The van der Waals surface area contributed by atoms with Crippen LogP contribution in [0.15, 0.2) is 24.3 Å². The summed E-state index contributed by atoms with van der Waals surface area (Å²) in [5, 5.41) is 0.0984. The van der Waals surface area contributed by atoms with E-state index in [1.54, 1.807) is 12.0 Å². The molecule has 3 nitrogen and oxygen atoms in total. The Labute approximate surface area is 114 Å². The van der Waals surface area contributed by atoms with E-state index in [2.05, 4.69) is 0 Å². The summed E-state index contributed by atoms with van der Waals surface area (Å²) in [6.07, 6.45) is 1.23. The number of carbonyl (C=O) groups excluding carboxylic acids is 1. The van der Waals surface area contributed by atoms with Gasteiger partial charge in [0, 0.05) is 19.0 Å². The van der Waals surface area contributed by atoms with E-state index in [1.165, 1.54) is 0 Å². The largest absolute Gasteiger partial charge is 0.497 e. The Hall–Kier alpha value is -1.22. The van der Waals surface area contributed by atoms with Gasteiger partial charge < -0.3 is 9.64 Å². The Morgan fingerprint density at radius 2 is 2.00 bits per heavy atom. The molecule has 0 bridgehead atoms. The molecular formula is C14H20ClNO2. The molecule has 0 aliphatic rings. The maximum atomic E-state index is 11.9. The van der Waals surface area contributed by atoms with Crippen molar-refractivity contribution in [1.29, 1.82) is 0 Å². The zero-order chi connectivity index (χ0) is 13.5. The molecule has 0 fully saturated rings. The number of benzene rings is 1. The number of carbonyl (C=O) groups is 1. The lowest BCUT2D eigenvalue weighted by molar-refractivity contribution is -0.129. The molecule has 1 unspecified atom stereocenters. The number of rotatable bonds is 6. The fourth-order valence-corrected chi connectivity index (χ4v) is 1.65. The van der Waals surface area contributed by atoms with Crippen molar-refractivity contribution in [3.05, 3.63) is 29.8 Å². The van der Waals surface area contributed by atoms with Gasteiger partial charge in [-0.25, -0.2) is 0 Å². The van der Waals surface area contributed by atoms with E-state index >= 15 is 0 Å². The third kappa shape index (κ3) is 4.96. The second kappa shape index (κ2) is 7.27. The van der Waals surface area contributed by atoms with Crippen molar-refractivity contribution in [2.75, 3.05) is 20.7 Å². The van der Waals surface area contributed by atoms with Gasteiger partial charge in [-0.15, -0.1) is 11.6 Å². The Kier molecular flexibility index (Phi) is 5.99. The minimum Gasteiger partial charge on any atom is -0.497 e. The first-order valence-electron chi connectivity index (χ1n) is 6.04. The maximum Gasteiger partial charge on any atom is 0.226 e. The highest BCUT2D eigenvalue weighted by molar-refractivity contribution is 6.20. The second-order valence-corrected chi connectivity index (χ2v) is 5.15. The van der Waals surface area contributed by atoms with Crippen molar-refractivity contribution in [1.82, 2.24) is 4.90 Å². The second-order valence-electron chi connectivity index (χ2n) is 4.41. The number of halogens is 1. The van der Waals surface area contributed by atoms with Crippen molar-refractivity contribution in [2.45, 2.75) is 25.1 Å². The van der Waals surface area contributed by atoms with Crippen molar-refractivity contribution in [3.8, 4) is 5.75 Å². The van der Waals surface area contributed by atoms with E-state index in [0.717, 1.165) is 17.7 Å². The monoisotopic (exact) mass is 269 g/mol. The Bertz CT molecular complexity index is 376. The minimum atomic E-state index is 0.0984. The zero-order valence-corrected chi connectivity index (χ0v) is 11.9. The van der Waals surface area contributed by atoms with Gasteiger partial charge in [-0.1, -0.05) is 12.1 Å². The SMILES string of the molecule is COc1ccc(CC(=O)N(C)CCC(C)Cl)cc1. The molecule has 100 valence electrons. The van der Waals surface area contributed by atoms with Gasteiger partial charge in [-0.2, -0.15) is 0 Å². The van der Waals surface area contributed by atoms with Gasteiger partial charge in [0.15, 0.2) is 0 Å². The zero-order valence-electron chi connectivity index (χ0n) is 11.1. The number of amides is 1. The van der Waals surface area contributed by atoms with Gasteiger partial charge in [0.25, 0.3) is 0 Å². The molecule has 0 heterocycles. The number of hydrogen-bond donors (Lipinski definition) is 0. The molecule has 0 aliphatic heterocycles. The summed E-state index contributed by atoms with van der Waals surface area (Å²) in [5.74, 6) is 0.910. The van der Waals surface area contributed by atoms with Crippen LogP contribution in [0.5, 0.6) is 5.75 Å². The van der Waals surface area contributed by atoms with Crippen LogP contribution in [0.3, 0.4) is 0 Å². The van der Waals surface area contributed by atoms with Crippen LogP contribution < -0.4 is 4.74 Å². The Morgan fingerprint density at radius 3 is 2.50 bits per heavy atom. The first kappa shape index (κ1) is 14.8. The molecule has 1 aromatic rings. The molecule has 4 heteroatoms. The van der Waals surface area contributed by atoms with E-state index in [0.29, 0.717) is 13.0 Å². The van der Waals surface area contributed by atoms with Gasteiger partial charge in [0.2, 0.25) is 5.91 Å². The average molecular weight is 270 g/mol. The summed E-state index contributed by atoms with van der Waals surface area (Å²) in [4.78, 5) is 13.7. The van der Waals surface area contributed by atoms with Gasteiger partial charge in [-0.3, -0.25) is 4.79 Å². The highest BCUT2D eigenvalue weighted by Gasteiger charge is 2.10. The number of ether oxygens (including phenoxy) is 1. The van der Waals surface area contributed by atoms with Gasteiger partial charge in [0.05, 0.1) is 13.5 Å². The quantitative estimate of drug-likeness (QED) is 0.743. The van der Waals surface area contributed by atoms with Crippen molar-refractivity contribution in [2.24, 2.45) is 0 Å². The lowest BCUT2D eigenvalue weighted by Gasteiger charge is -2.17. The molecular weight excluding hydrogens is 250 g/mol. The van der Waals surface area contributed by atoms with Crippen LogP contribution >= 0.6 is 11.6 Å². The average Bonchev–Trinajstić information content (AvgIpc) is 2.36. The topological polar surface area (TPSA) is 29.5 Å². The smallest absolute Gasteiger partial charge is 0.226 e. The number of hydrogen-bond acceptors (Lipinski definition) is 2. The van der Waals surface area contributed by atoms with E-state index in [-0.39, 0.29) is 11.3 Å². The number of nitrogens with zero attached hydrogens (tertiary/aromatic N) is 1. The van der Waals surface area contributed by atoms with Gasteiger partial charge >= 0.3 is 0 Å². The van der Waals surface area contributed by atoms with E-state index in [4.69, 9.17) is 16.3 Å². The van der Waals surface area contributed by atoms with Crippen molar-refractivity contribution >= 4 is 17.5 Å². The maximum absolute atomic E-state index is 11.9. The van der Waals surface area contributed by atoms with Crippen LogP contribution in [-0.4, -0.2) is 36.9 Å². The molecule has 1 rings (SSSR count). The summed E-state index contributed by atoms with van der Waals surface area (Å²) in [6.45, 7) is 2.63. The summed E-state index contributed by atoms with van der Waals surface area (Å²) >= 11 is 5.87. The number of methoxy groups -OCH3 is 1. The minimum absolute atomic E-state index is 0.0984. The fraction of sp³-hybridized carbons (Fsp3) is 0.500. The fourth-order valence-electron chi connectivity index (χ4n) is 1.55. The molecule has 18 heavy (non-hydrogen) atoms. The molecule has 0 spiro atoms. The van der Waals surface area contributed by atoms with Crippen LogP contribution in [0.25, 0.3) is 0 Å². The van der Waals surface area contributed by atoms with Crippen LogP contribution in [0, 0.1) is 0 Å². The van der Waals surface area contributed by atoms with Crippen LogP contribution in [0.1, 0.15) is 18.9 Å². The standard InChI is InChI=1S/C14H20ClNO2/c1-11(15)8-9-16(2)14(17)10-12-4-6-13(18-3)7-5-12/h4-7,11H,8-10H2,1-3H3. The molecule has 1 atom stereocenters. The molecule has 0 N–H and O–H groups in total. The highest BCUT2D eigenvalue weighted by Crippen LogP contribution is 2.12. The Balaban J connectivity index is 2.47. The molecule has 0 saturated carbocycles. The predicted octanol–water partition coefficient (Wildman–Crippen LogP) is 2.71. The van der Waals surface area contributed by atoms with Crippen LogP contribution in [0.2, 0.25) is 0 Å². The lowest BCUT2D eigenvalue weighted by Crippen LogP contribution is -2.30. The highest BCUT2D eigenvalue weighted by atomic mass is 35.5. The van der Waals surface area contributed by atoms with Gasteiger partial charge in [-0.05, 0) is 31.0 Å². The molecule has 0 radical (unpaired) electrons. The summed E-state index contributed by atoms with van der Waals surface area (Å²) in [7, 11) is 3.44. The van der Waals surface area contributed by atoms with Crippen molar-refractivity contribution < 1.29 is 9.53 Å². The predicted molar refractivity (Wildman–Crippen MR) is 74.3 cm³/mol. The normalized spacial score (nSPS) is 12.0. The van der Waals surface area contributed by atoms with E-state index in [9.17, 15) is 4.79 Å². The number of likely N-dealkylation sites (N-methyl/N-ethyl adjacent to an activating group) is 1. The first-order chi connectivity index (χ1) is 8.52. The molecule has 0 aliphatic carbocycles. The molecule has 0 aromatic heterocycles. The van der Waals surface area contributed by atoms with Crippen LogP contribution in [-0.2, 0) is 11.2 Å². The molecule has 0 saturated heterocycles. The first-order valence-corrected chi connectivity index (χ1v) is 6.47. The third-order valence-electron chi connectivity index (χ3n) is 2.80. The van der Waals surface area contributed by atoms with E-state index in [1.807, 2.05) is 38.2 Å². The van der Waals surface area contributed by atoms with Crippen molar-refractivity contribution in [3.63, 3.8) is 0 Å². The third-order valence-corrected chi connectivity index (χ3v) is 3.02. The van der Waals surface area contributed by atoms with Gasteiger partial charge in [0.1, 0.15) is 5.75 Å². The molecule has 1 amide bonds. The summed E-state index contributed by atoms with van der Waals surface area (Å²) < 4.78 is 5.08. The Morgan fingerprint density at radius 1 is 1.39 bits per heavy atom. The summed E-state index contributed by atoms with van der Waals surface area (Å²) in [6, 6.07) is 7.55. The lowest BCUT2D eigenvalue weighted by atomic mass is 10.1. The summed E-state index contributed by atoms with van der Waals surface area (Å²) in [5.41, 5.74) is 0.992. The van der Waals surface area contributed by atoms with E-state index < -0.39 is 0 Å². The molecule has 1 aromatic carbocycles. The van der Waals surface area contributed by atoms with Crippen LogP contribution in [0.4, 0.5) is 0 Å². The number of alkyl halides is 1.